The van der Waals surface area contributed by atoms with E-state index in [2.05, 4.69) is 6.07 Å². The lowest BCUT2D eigenvalue weighted by Gasteiger charge is -2.29. The number of halogens is 2. The van der Waals surface area contributed by atoms with E-state index in [1.54, 1.807) is 12.1 Å². The number of fused-ring (bicyclic) bond motifs is 1. The third-order valence-electron chi connectivity index (χ3n) is 4.29. The second-order valence-corrected chi connectivity index (χ2v) is 6.23. The molecule has 1 aliphatic rings. The molecule has 1 atom stereocenters. The fourth-order valence-corrected chi connectivity index (χ4v) is 3.43. The van der Waals surface area contributed by atoms with E-state index in [-0.39, 0.29) is 5.02 Å². The van der Waals surface area contributed by atoms with E-state index in [1.807, 2.05) is 18.2 Å². The Morgan fingerprint density at radius 3 is 2.76 bits per heavy atom. The van der Waals surface area contributed by atoms with Gasteiger partial charge >= 0.3 is 0 Å². The van der Waals surface area contributed by atoms with Gasteiger partial charge in [-0.1, -0.05) is 41.9 Å². The molecule has 0 saturated heterocycles. The van der Waals surface area contributed by atoms with Crippen molar-refractivity contribution in [3.63, 3.8) is 0 Å². The molecule has 1 aliphatic carbocycles. The molecule has 2 aromatic carbocycles. The lowest BCUT2D eigenvalue weighted by molar-refractivity contribution is 0.0272. The summed E-state index contributed by atoms with van der Waals surface area (Å²) in [5.74, 6) is -0.423. The highest BCUT2D eigenvalue weighted by atomic mass is 35.5. The Bertz CT molecular complexity index is 655. The molecular weight excluding hydrogens is 287 g/mol. The van der Waals surface area contributed by atoms with Gasteiger partial charge in [0.1, 0.15) is 5.82 Å². The Labute approximate surface area is 129 Å². The number of benzene rings is 2. The highest BCUT2D eigenvalue weighted by Crippen LogP contribution is 2.37. The summed E-state index contributed by atoms with van der Waals surface area (Å²) in [4.78, 5) is 0. The highest BCUT2D eigenvalue weighted by molar-refractivity contribution is 6.30. The standard InChI is InChI=1S/C18H18ClFO/c19-16-11-13(8-9-17(16)20)12-18(21)10-4-3-6-14-5-1-2-7-15(14)18/h1-2,5,7-9,11,21H,3-4,6,10,12H2. The summed E-state index contributed by atoms with van der Waals surface area (Å²) < 4.78 is 13.3. The van der Waals surface area contributed by atoms with Crippen molar-refractivity contribution in [2.45, 2.75) is 37.7 Å². The Balaban J connectivity index is 1.97. The molecule has 3 rings (SSSR count). The SMILES string of the molecule is OC1(Cc2ccc(F)c(Cl)c2)CCCCc2ccccc21. The molecule has 3 heteroatoms. The normalized spacial score (nSPS) is 21.7. The van der Waals surface area contributed by atoms with Crippen LogP contribution in [0.1, 0.15) is 36.0 Å². The fraction of sp³-hybridized carbons (Fsp3) is 0.333. The number of hydrogen-bond donors (Lipinski definition) is 1. The Morgan fingerprint density at radius 1 is 1.14 bits per heavy atom. The van der Waals surface area contributed by atoms with Gasteiger partial charge in [-0.25, -0.2) is 4.39 Å². The van der Waals surface area contributed by atoms with E-state index in [9.17, 15) is 9.50 Å². The molecular formula is C18H18ClFO. The van der Waals surface area contributed by atoms with Gasteiger partial charge in [0.15, 0.2) is 0 Å². The minimum Gasteiger partial charge on any atom is -0.385 e. The van der Waals surface area contributed by atoms with Crippen molar-refractivity contribution < 1.29 is 9.50 Å². The van der Waals surface area contributed by atoms with E-state index in [0.29, 0.717) is 6.42 Å². The molecule has 2 aromatic rings. The second-order valence-electron chi connectivity index (χ2n) is 5.82. The van der Waals surface area contributed by atoms with E-state index < -0.39 is 11.4 Å². The largest absolute Gasteiger partial charge is 0.385 e. The summed E-state index contributed by atoms with van der Waals surface area (Å²) in [6, 6.07) is 12.7. The van der Waals surface area contributed by atoms with Crippen LogP contribution in [-0.2, 0) is 18.4 Å². The van der Waals surface area contributed by atoms with Crippen LogP contribution in [0.2, 0.25) is 5.02 Å². The second kappa shape index (κ2) is 5.78. The predicted octanol–water partition coefficient (Wildman–Crippen LogP) is 4.64. The molecule has 1 unspecified atom stereocenters. The van der Waals surface area contributed by atoms with E-state index >= 15 is 0 Å². The predicted molar refractivity (Wildman–Crippen MR) is 83.0 cm³/mol. The average Bonchev–Trinajstić information content (AvgIpc) is 2.63. The van der Waals surface area contributed by atoms with Crippen LogP contribution in [0.4, 0.5) is 4.39 Å². The van der Waals surface area contributed by atoms with Gasteiger partial charge < -0.3 is 5.11 Å². The van der Waals surface area contributed by atoms with Gasteiger partial charge in [0.25, 0.3) is 0 Å². The highest BCUT2D eigenvalue weighted by Gasteiger charge is 2.33. The summed E-state index contributed by atoms with van der Waals surface area (Å²) >= 11 is 5.85. The Kier molecular flexibility index (Phi) is 4.01. The Hall–Kier alpha value is -1.38. The molecule has 0 heterocycles. The lowest BCUT2D eigenvalue weighted by Crippen LogP contribution is -2.28. The number of aliphatic hydroxyl groups is 1. The zero-order chi connectivity index (χ0) is 14.9. The number of aryl methyl sites for hydroxylation is 1. The zero-order valence-electron chi connectivity index (χ0n) is 11.8. The molecule has 21 heavy (non-hydrogen) atoms. The topological polar surface area (TPSA) is 20.2 Å². The van der Waals surface area contributed by atoms with Crippen molar-refractivity contribution in [3.05, 3.63) is 70.0 Å². The van der Waals surface area contributed by atoms with Gasteiger partial charge in [-0.3, -0.25) is 0 Å². The van der Waals surface area contributed by atoms with Crippen LogP contribution < -0.4 is 0 Å². The van der Waals surface area contributed by atoms with E-state index in [1.165, 1.54) is 11.6 Å². The summed E-state index contributed by atoms with van der Waals surface area (Å²) in [6.45, 7) is 0. The summed E-state index contributed by atoms with van der Waals surface area (Å²) in [7, 11) is 0. The average molecular weight is 305 g/mol. The maximum atomic E-state index is 13.3. The fourth-order valence-electron chi connectivity index (χ4n) is 3.23. The maximum Gasteiger partial charge on any atom is 0.141 e. The monoisotopic (exact) mass is 304 g/mol. The van der Waals surface area contributed by atoms with Crippen LogP contribution in [-0.4, -0.2) is 5.11 Å². The van der Waals surface area contributed by atoms with Crippen LogP contribution in [0, 0.1) is 5.82 Å². The molecule has 1 nitrogen and oxygen atoms in total. The van der Waals surface area contributed by atoms with Gasteiger partial charge in [0.2, 0.25) is 0 Å². The van der Waals surface area contributed by atoms with Crippen LogP contribution >= 0.6 is 11.6 Å². The molecule has 0 spiro atoms. The third-order valence-corrected chi connectivity index (χ3v) is 4.58. The van der Waals surface area contributed by atoms with Gasteiger partial charge in [-0.2, -0.15) is 0 Å². The van der Waals surface area contributed by atoms with E-state index in [0.717, 1.165) is 36.8 Å². The first kappa shape index (κ1) is 14.6. The number of hydrogen-bond acceptors (Lipinski definition) is 1. The van der Waals surface area contributed by atoms with E-state index in [4.69, 9.17) is 11.6 Å². The van der Waals surface area contributed by atoms with Gasteiger partial charge in [-0.15, -0.1) is 0 Å². The minimum absolute atomic E-state index is 0.109. The smallest absolute Gasteiger partial charge is 0.141 e. The summed E-state index contributed by atoms with van der Waals surface area (Å²) in [5.41, 5.74) is 2.18. The minimum atomic E-state index is -0.895. The van der Waals surface area contributed by atoms with Crippen molar-refractivity contribution in [1.82, 2.24) is 0 Å². The zero-order valence-corrected chi connectivity index (χ0v) is 12.5. The molecule has 0 aliphatic heterocycles. The van der Waals surface area contributed by atoms with Gasteiger partial charge in [0, 0.05) is 6.42 Å². The van der Waals surface area contributed by atoms with Crippen molar-refractivity contribution in [1.29, 1.82) is 0 Å². The molecule has 0 radical (unpaired) electrons. The maximum absolute atomic E-state index is 13.3. The first-order chi connectivity index (χ1) is 10.1. The number of rotatable bonds is 2. The third kappa shape index (κ3) is 2.97. The molecule has 0 saturated carbocycles. The molecule has 0 fully saturated rings. The molecule has 0 amide bonds. The molecule has 0 bridgehead atoms. The van der Waals surface area contributed by atoms with Crippen LogP contribution in [0.15, 0.2) is 42.5 Å². The Morgan fingerprint density at radius 2 is 1.95 bits per heavy atom. The van der Waals surface area contributed by atoms with Crippen molar-refractivity contribution in [3.8, 4) is 0 Å². The van der Waals surface area contributed by atoms with Crippen LogP contribution in [0.5, 0.6) is 0 Å². The first-order valence-corrected chi connectivity index (χ1v) is 7.71. The quantitative estimate of drug-likeness (QED) is 0.802. The van der Waals surface area contributed by atoms with Gasteiger partial charge in [0.05, 0.1) is 10.6 Å². The lowest BCUT2D eigenvalue weighted by atomic mass is 9.83. The van der Waals surface area contributed by atoms with Gasteiger partial charge in [-0.05, 0) is 54.5 Å². The van der Waals surface area contributed by atoms with Crippen molar-refractivity contribution in [2.75, 3.05) is 0 Å². The summed E-state index contributed by atoms with van der Waals surface area (Å²) in [6.07, 6.45) is 4.26. The summed E-state index contributed by atoms with van der Waals surface area (Å²) in [5, 5.41) is 11.3. The molecule has 0 aromatic heterocycles. The van der Waals surface area contributed by atoms with Crippen LogP contribution in [0.3, 0.4) is 0 Å². The van der Waals surface area contributed by atoms with Crippen molar-refractivity contribution >= 4 is 11.6 Å². The molecule has 1 N–H and O–H groups in total. The van der Waals surface area contributed by atoms with Crippen molar-refractivity contribution in [2.24, 2.45) is 0 Å². The molecule has 110 valence electrons. The first-order valence-electron chi connectivity index (χ1n) is 7.33. The van der Waals surface area contributed by atoms with Crippen LogP contribution in [0.25, 0.3) is 0 Å².